The molecule has 1 saturated heterocycles. The maximum Gasteiger partial charge on any atom is 0.320 e. The monoisotopic (exact) mass is 277 g/mol. The van der Waals surface area contributed by atoms with Crippen molar-refractivity contribution in [2.75, 3.05) is 6.54 Å². The molecule has 0 saturated carbocycles. The zero-order chi connectivity index (χ0) is 12.4. The van der Waals surface area contributed by atoms with Gasteiger partial charge in [-0.1, -0.05) is 12.1 Å². The van der Waals surface area contributed by atoms with Gasteiger partial charge in [-0.25, -0.2) is 8.78 Å². The van der Waals surface area contributed by atoms with Crippen molar-refractivity contribution in [1.82, 2.24) is 4.90 Å². The summed E-state index contributed by atoms with van der Waals surface area (Å²) >= 11 is 0. The van der Waals surface area contributed by atoms with E-state index in [0.29, 0.717) is 13.0 Å². The van der Waals surface area contributed by atoms with Crippen LogP contribution in [0.4, 0.5) is 8.78 Å². The first-order valence-corrected chi connectivity index (χ1v) is 5.49. The third kappa shape index (κ3) is 2.97. The molecule has 0 bridgehead atoms. The fraction of sp³-hybridized carbons (Fsp3) is 0.417. The lowest BCUT2D eigenvalue weighted by atomic mass is 10.1. The zero-order valence-electron chi connectivity index (χ0n) is 9.60. The van der Waals surface area contributed by atoms with Crippen LogP contribution >= 0.6 is 12.4 Å². The van der Waals surface area contributed by atoms with Crippen molar-refractivity contribution >= 4 is 18.4 Å². The summed E-state index contributed by atoms with van der Waals surface area (Å²) in [5, 5.41) is 8.98. The van der Waals surface area contributed by atoms with Gasteiger partial charge in [-0.05, 0) is 25.5 Å². The summed E-state index contributed by atoms with van der Waals surface area (Å²) in [6.07, 6.45) is 1.33. The molecule has 0 aromatic heterocycles. The summed E-state index contributed by atoms with van der Waals surface area (Å²) in [7, 11) is 0. The molecule has 2 rings (SSSR count). The number of rotatable bonds is 3. The predicted molar refractivity (Wildman–Crippen MR) is 64.7 cm³/mol. The van der Waals surface area contributed by atoms with E-state index in [1.807, 2.05) is 0 Å². The maximum absolute atomic E-state index is 13.4. The van der Waals surface area contributed by atoms with E-state index in [0.717, 1.165) is 12.5 Å². The van der Waals surface area contributed by atoms with E-state index in [-0.39, 0.29) is 24.5 Å². The molecule has 0 amide bonds. The van der Waals surface area contributed by atoms with Gasteiger partial charge in [-0.15, -0.1) is 12.4 Å². The predicted octanol–water partition coefficient (Wildman–Crippen LogP) is 2.44. The molecular formula is C12H14ClF2NO2. The summed E-state index contributed by atoms with van der Waals surface area (Å²) < 4.78 is 26.4. The molecule has 18 heavy (non-hydrogen) atoms. The fourth-order valence-corrected chi connectivity index (χ4v) is 2.18. The summed E-state index contributed by atoms with van der Waals surface area (Å²) in [6.45, 7) is 0.744. The lowest BCUT2D eigenvalue weighted by molar-refractivity contribution is -0.142. The Kier molecular flexibility index (Phi) is 5.04. The second-order valence-corrected chi connectivity index (χ2v) is 4.18. The third-order valence-corrected chi connectivity index (χ3v) is 3.05. The van der Waals surface area contributed by atoms with Gasteiger partial charge in [0.2, 0.25) is 0 Å². The molecule has 0 spiro atoms. The molecular weight excluding hydrogens is 264 g/mol. The van der Waals surface area contributed by atoms with Gasteiger partial charge in [0.25, 0.3) is 0 Å². The number of likely N-dealkylation sites (tertiary alicyclic amines) is 1. The van der Waals surface area contributed by atoms with Crippen LogP contribution in [0.2, 0.25) is 0 Å². The molecule has 0 aliphatic carbocycles. The number of aliphatic carboxylic acids is 1. The van der Waals surface area contributed by atoms with E-state index in [1.165, 1.54) is 12.1 Å². The highest BCUT2D eigenvalue weighted by Gasteiger charge is 2.30. The molecule has 0 radical (unpaired) electrons. The number of benzene rings is 1. The Hall–Kier alpha value is -1.20. The Morgan fingerprint density at radius 2 is 2.17 bits per heavy atom. The number of carbonyl (C=O) groups is 1. The fourth-order valence-electron chi connectivity index (χ4n) is 2.18. The minimum atomic E-state index is -0.903. The van der Waals surface area contributed by atoms with Crippen molar-refractivity contribution < 1.29 is 18.7 Å². The molecule has 100 valence electrons. The highest BCUT2D eigenvalue weighted by Crippen LogP contribution is 2.22. The second kappa shape index (κ2) is 6.11. The summed E-state index contributed by atoms with van der Waals surface area (Å²) in [5.41, 5.74) is 0.207. The first-order chi connectivity index (χ1) is 8.09. The molecule has 1 N–H and O–H groups in total. The SMILES string of the molecule is Cl.O=C(O)[C@H]1CCCN1Cc1cccc(F)c1F. The van der Waals surface area contributed by atoms with Gasteiger partial charge >= 0.3 is 5.97 Å². The summed E-state index contributed by atoms with van der Waals surface area (Å²) in [6, 6.07) is 3.38. The van der Waals surface area contributed by atoms with Gasteiger partial charge in [-0.3, -0.25) is 9.69 Å². The number of hydrogen-bond donors (Lipinski definition) is 1. The average molecular weight is 278 g/mol. The Morgan fingerprint density at radius 3 is 2.83 bits per heavy atom. The Morgan fingerprint density at radius 1 is 1.44 bits per heavy atom. The van der Waals surface area contributed by atoms with Crippen LogP contribution in [0.5, 0.6) is 0 Å². The first kappa shape index (κ1) is 14.9. The van der Waals surface area contributed by atoms with Gasteiger partial charge in [0, 0.05) is 12.1 Å². The smallest absolute Gasteiger partial charge is 0.320 e. The molecule has 1 aromatic rings. The van der Waals surface area contributed by atoms with Crippen LogP contribution in [-0.4, -0.2) is 28.6 Å². The minimum Gasteiger partial charge on any atom is -0.480 e. The molecule has 3 nitrogen and oxygen atoms in total. The van der Waals surface area contributed by atoms with E-state index in [4.69, 9.17) is 5.11 Å². The third-order valence-electron chi connectivity index (χ3n) is 3.05. The lowest BCUT2D eigenvalue weighted by Gasteiger charge is -2.21. The number of halogens is 3. The summed E-state index contributed by atoms with van der Waals surface area (Å²) in [5.74, 6) is -2.68. The van der Waals surface area contributed by atoms with Gasteiger partial charge in [0.15, 0.2) is 11.6 Å². The second-order valence-electron chi connectivity index (χ2n) is 4.18. The van der Waals surface area contributed by atoms with E-state index < -0.39 is 23.6 Å². The minimum absolute atomic E-state index is 0. The van der Waals surface area contributed by atoms with Crippen molar-refractivity contribution in [1.29, 1.82) is 0 Å². The standard InChI is InChI=1S/C12H13F2NO2.ClH/c13-9-4-1-3-8(11(9)14)7-15-6-2-5-10(15)12(16)17;/h1,3-4,10H,2,5-7H2,(H,16,17);1H/t10-;/m1./s1. The molecule has 6 heteroatoms. The highest BCUT2D eigenvalue weighted by molar-refractivity contribution is 5.85. The Labute approximate surface area is 110 Å². The topological polar surface area (TPSA) is 40.5 Å². The largest absolute Gasteiger partial charge is 0.480 e. The van der Waals surface area contributed by atoms with Gasteiger partial charge in [0.05, 0.1) is 0 Å². The highest BCUT2D eigenvalue weighted by atomic mass is 35.5. The van der Waals surface area contributed by atoms with Crippen LogP contribution in [0.1, 0.15) is 18.4 Å². The maximum atomic E-state index is 13.4. The Bertz CT molecular complexity index is 442. The van der Waals surface area contributed by atoms with Crippen LogP contribution in [0.15, 0.2) is 18.2 Å². The average Bonchev–Trinajstić information content (AvgIpc) is 2.73. The van der Waals surface area contributed by atoms with Crippen LogP contribution < -0.4 is 0 Å². The van der Waals surface area contributed by atoms with Gasteiger partial charge < -0.3 is 5.11 Å². The number of carboxylic acids is 1. The molecule has 1 aliphatic heterocycles. The molecule has 1 heterocycles. The van der Waals surface area contributed by atoms with Crippen LogP contribution in [0, 0.1) is 11.6 Å². The quantitative estimate of drug-likeness (QED) is 0.922. The zero-order valence-corrected chi connectivity index (χ0v) is 10.4. The number of carboxylic acid groups (broad SMARTS) is 1. The van der Waals surface area contributed by atoms with E-state index >= 15 is 0 Å². The van der Waals surface area contributed by atoms with Crippen molar-refractivity contribution in [2.45, 2.75) is 25.4 Å². The van der Waals surface area contributed by atoms with E-state index in [9.17, 15) is 13.6 Å². The van der Waals surface area contributed by atoms with Crippen LogP contribution in [0.25, 0.3) is 0 Å². The molecule has 1 aromatic carbocycles. The molecule has 1 fully saturated rings. The lowest BCUT2D eigenvalue weighted by Crippen LogP contribution is -2.35. The summed E-state index contributed by atoms with van der Waals surface area (Å²) in [4.78, 5) is 12.6. The van der Waals surface area contributed by atoms with Crippen LogP contribution in [0.3, 0.4) is 0 Å². The number of nitrogens with zero attached hydrogens (tertiary/aromatic N) is 1. The number of hydrogen-bond acceptors (Lipinski definition) is 2. The molecule has 0 unspecified atom stereocenters. The van der Waals surface area contributed by atoms with Gasteiger partial charge in [-0.2, -0.15) is 0 Å². The first-order valence-electron chi connectivity index (χ1n) is 5.49. The van der Waals surface area contributed by atoms with E-state index in [2.05, 4.69) is 0 Å². The van der Waals surface area contributed by atoms with Crippen molar-refractivity contribution in [3.63, 3.8) is 0 Å². The van der Waals surface area contributed by atoms with Crippen LogP contribution in [-0.2, 0) is 11.3 Å². The normalized spacial score (nSPS) is 19.6. The molecule has 1 atom stereocenters. The molecule has 1 aliphatic rings. The van der Waals surface area contributed by atoms with Crippen molar-refractivity contribution in [3.05, 3.63) is 35.4 Å². The van der Waals surface area contributed by atoms with Gasteiger partial charge in [0.1, 0.15) is 6.04 Å². The van der Waals surface area contributed by atoms with Crippen molar-refractivity contribution in [2.24, 2.45) is 0 Å². The van der Waals surface area contributed by atoms with E-state index in [1.54, 1.807) is 4.90 Å². The van der Waals surface area contributed by atoms with Crippen molar-refractivity contribution in [3.8, 4) is 0 Å². The Balaban J connectivity index is 0.00000162.